The van der Waals surface area contributed by atoms with Crippen molar-refractivity contribution in [3.8, 4) is 11.1 Å². The molecule has 0 fully saturated rings. The summed E-state index contributed by atoms with van der Waals surface area (Å²) in [6.45, 7) is 19.8. The molecule has 3 aromatic carbocycles. The van der Waals surface area contributed by atoms with Gasteiger partial charge in [-0.1, -0.05) is 115 Å². The number of hydrogen-bond acceptors (Lipinski definition) is 0. The number of rotatable bonds is 4. The third-order valence-corrected chi connectivity index (χ3v) is 7.14. The summed E-state index contributed by atoms with van der Waals surface area (Å²) in [6, 6.07) is 20.9. The van der Waals surface area contributed by atoms with E-state index < -0.39 is 0 Å². The van der Waals surface area contributed by atoms with Gasteiger partial charge in [0.05, 0.1) is 0 Å². The summed E-state index contributed by atoms with van der Waals surface area (Å²) >= 11 is 0. The molecule has 0 heterocycles. The van der Waals surface area contributed by atoms with E-state index in [1.807, 2.05) is 13.8 Å². The Balaban J connectivity index is 0.00000158. The number of allylic oxidation sites excluding steroid dienone is 4. The highest BCUT2D eigenvalue weighted by atomic mass is 14.4. The van der Waals surface area contributed by atoms with E-state index in [0.717, 1.165) is 12.8 Å². The predicted molar refractivity (Wildman–Crippen MR) is 151 cm³/mol. The van der Waals surface area contributed by atoms with Gasteiger partial charge in [0, 0.05) is 5.41 Å². The van der Waals surface area contributed by atoms with Crippen LogP contribution in [0.25, 0.3) is 11.1 Å². The maximum absolute atomic E-state index is 2.45. The van der Waals surface area contributed by atoms with Crippen LogP contribution in [-0.2, 0) is 11.8 Å². The Hall–Kier alpha value is -2.86. The Bertz CT molecular complexity index is 1230. The minimum atomic E-state index is -0.150. The van der Waals surface area contributed by atoms with Gasteiger partial charge >= 0.3 is 0 Å². The van der Waals surface area contributed by atoms with Crippen molar-refractivity contribution < 1.29 is 0 Å². The normalized spacial score (nSPS) is 18.5. The van der Waals surface area contributed by atoms with E-state index in [-0.39, 0.29) is 5.41 Å². The van der Waals surface area contributed by atoms with Gasteiger partial charge in [-0.05, 0) is 87.8 Å². The number of hydrogen-bond donors (Lipinski definition) is 0. The second-order valence-corrected chi connectivity index (χ2v) is 9.86. The molecule has 0 nitrogen and oxygen atoms in total. The first-order valence-electron chi connectivity index (χ1n) is 12.9. The van der Waals surface area contributed by atoms with Crippen molar-refractivity contribution in [3.05, 3.63) is 117 Å². The van der Waals surface area contributed by atoms with Crippen LogP contribution in [0, 0.1) is 27.7 Å². The molecule has 0 saturated carbocycles. The van der Waals surface area contributed by atoms with Crippen LogP contribution in [0.15, 0.2) is 77.9 Å². The fourth-order valence-electron chi connectivity index (χ4n) is 5.46. The first kappa shape index (κ1) is 25.8. The molecule has 178 valence electrons. The molecule has 34 heavy (non-hydrogen) atoms. The lowest BCUT2D eigenvalue weighted by molar-refractivity contribution is 0.695. The summed E-state index contributed by atoms with van der Waals surface area (Å²) in [6.07, 6.45) is 6.87. The number of aryl methyl sites for hydroxylation is 4. The second kappa shape index (κ2) is 10.6. The zero-order chi connectivity index (χ0) is 25.0. The molecule has 0 N–H and O–H groups in total. The van der Waals surface area contributed by atoms with Gasteiger partial charge in [-0.25, -0.2) is 0 Å². The number of fused-ring (bicyclic) bond motifs is 1. The Morgan fingerprint density at radius 2 is 1.35 bits per heavy atom. The molecule has 1 aliphatic rings. The maximum Gasteiger partial charge on any atom is 0.0398 e. The van der Waals surface area contributed by atoms with Crippen LogP contribution in [0.4, 0.5) is 0 Å². The fourth-order valence-corrected chi connectivity index (χ4v) is 5.46. The predicted octanol–water partition coefficient (Wildman–Crippen LogP) is 9.76. The van der Waals surface area contributed by atoms with Crippen molar-refractivity contribution in [3.63, 3.8) is 0 Å². The van der Waals surface area contributed by atoms with Crippen molar-refractivity contribution in [2.24, 2.45) is 0 Å². The van der Waals surface area contributed by atoms with Crippen LogP contribution < -0.4 is 0 Å². The molecule has 0 heteroatoms. The highest BCUT2D eigenvalue weighted by Crippen LogP contribution is 2.51. The van der Waals surface area contributed by atoms with Gasteiger partial charge in [-0.2, -0.15) is 0 Å². The van der Waals surface area contributed by atoms with Crippen LogP contribution in [0.3, 0.4) is 0 Å². The summed E-state index contributed by atoms with van der Waals surface area (Å²) in [5.74, 6) is 0. The third kappa shape index (κ3) is 4.83. The van der Waals surface area contributed by atoms with Gasteiger partial charge in [0.1, 0.15) is 0 Å². The van der Waals surface area contributed by atoms with E-state index in [4.69, 9.17) is 0 Å². The van der Waals surface area contributed by atoms with Crippen LogP contribution in [-0.4, -0.2) is 0 Å². The van der Waals surface area contributed by atoms with E-state index in [2.05, 4.69) is 115 Å². The van der Waals surface area contributed by atoms with Crippen molar-refractivity contribution in [2.75, 3.05) is 0 Å². The van der Waals surface area contributed by atoms with Gasteiger partial charge in [-0.15, -0.1) is 0 Å². The van der Waals surface area contributed by atoms with Crippen molar-refractivity contribution >= 4 is 0 Å². The van der Waals surface area contributed by atoms with E-state index >= 15 is 0 Å². The molecular weight excluding hydrogens is 408 g/mol. The lowest BCUT2D eigenvalue weighted by Crippen LogP contribution is -2.24. The largest absolute Gasteiger partial charge is 0.0819 e. The zero-order valence-corrected chi connectivity index (χ0v) is 22.8. The Morgan fingerprint density at radius 1 is 0.794 bits per heavy atom. The third-order valence-electron chi connectivity index (χ3n) is 7.14. The molecule has 0 saturated heterocycles. The summed E-state index contributed by atoms with van der Waals surface area (Å²) < 4.78 is 0. The average Bonchev–Trinajstić information content (AvgIpc) is 3.07. The highest BCUT2D eigenvalue weighted by Gasteiger charge is 2.41. The summed E-state index contributed by atoms with van der Waals surface area (Å²) in [5, 5.41) is 0. The smallest absolute Gasteiger partial charge is 0.0398 e. The van der Waals surface area contributed by atoms with Crippen LogP contribution >= 0.6 is 0 Å². The van der Waals surface area contributed by atoms with Gasteiger partial charge < -0.3 is 0 Å². The molecule has 0 spiro atoms. The van der Waals surface area contributed by atoms with Crippen molar-refractivity contribution in [1.82, 2.24) is 0 Å². The second-order valence-electron chi connectivity index (χ2n) is 9.86. The number of benzene rings is 3. The summed E-state index contributed by atoms with van der Waals surface area (Å²) in [4.78, 5) is 0. The van der Waals surface area contributed by atoms with E-state index in [1.165, 1.54) is 61.2 Å². The van der Waals surface area contributed by atoms with Gasteiger partial charge in [0.25, 0.3) is 0 Å². The summed E-state index contributed by atoms with van der Waals surface area (Å²) in [7, 11) is 0. The molecular formula is C34H42. The van der Waals surface area contributed by atoms with Crippen LogP contribution in [0.1, 0.15) is 80.0 Å². The SMILES string of the molecule is CC.CC/C=C(C)\C=C1/Cc2ccc(C)cc2C1(C)c1cc(C)ccc1-c1ccc(C)cc1C. The molecule has 0 amide bonds. The van der Waals surface area contributed by atoms with Crippen LogP contribution in [0.5, 0.6) is 0 Å². The maximum atomic E-state index is 2.45. The molecule has 0 aliphatic heterocycles. The quantitative estimate of drug-likeness (QED) is 0.371. The molecule has 0 radical (unpaired) electrons. The molecule has 0 bridgehead atoms. The van der Waals surface area contributed by atoms with E-state index in [9.17, 15) is 0 Å². The minimum Gasteiger partial charge on any atom is -0.0819 e. The Kier molecular flexibility index (Phi) is 8.03. The first-order valence-corrected chi connectivity index (χ1v) is 12.9. The van der Waals surface area contributed by atoms with E-state index in [0.29, 0.717) is 0 Å². The molecule has 1 unspecified atom stereocenters. The van der Waals surface area contributed by atoms with Gasteiger partial charge in [-0.3, -0.25) is 0 Å². The highest BCUT2D eigenvalue weighted by molar-refractivity contribution is 5.76. The summed E-state index contributed by atoms with van der Waals surface area (Å²) in [5.41, 5.74) is 15.0. The lowest BCUT2D eigenvalue weighted by atomic mass is 9.70. The van der Waals surface area contributed by atoms with Crippen molar-refractivity contribution in [1.29, 1.82) is 0 Å². The van der Waals surface area contributed by atoms with Gasteiger partial charge in [0.2, 0.25) is 0 Å². The van der Waals surface area contributed by atoms with Gasteiger partial charge in [0.15, 0.2) is 0 Å². The standard InChI is InChI=1S/C32H36.C2H6/c1-8-9-21(2)17-27-20-26-13-10-23(4)18-30(26)32(27,7)31-19-24(5)12-15-29(31)28-14-11-22(3)16-25(28)6;1-2/h9-19H,8,20H2,1-7H3;1-2H3/b21-9-,27-17+;. The Morgan fingerprint density at radius 3 is 1.97 bits per heavy atom. The van der Waals surface area contributed by atoms with E-state index in [1.54, 1.807) is 0 Å². The topological polar surface area (TPSA) is 0 Å². The van der Waals surface area contributed by atoms with Crippen LogP contribution in [0.2, 0.25) is 0 Å². The minimum absolute atomic E-state index is 0.150. The van der Waals surface area contributed by atoms with Crippen molar-refractivity contribution in [2.45, 2.75) is 80.6 Å². The molecule has 3 aromatic rings. The molecule has 0 aromatic heterocycles. The monoisotopic (exact) mass is 450 g/mol. The lowest BCUT2D eigenvalue weighted by Gasteiger charge is -2.32. The molecule has 4 rings (SSSR count). The first-order chi connectivity index (χ1) is 16.2. The average molecular weight is 451 g/mol. The molecule has 1 atom stereocenters. The molecule has 1 aliphatic carbocycles. The Labute approximate surface area is 208 Å². The fraction of sp³-hybridized carbons (Fsp3) is 0.353. The zero-order valence-electron chi connectivity index (χ0n) is 22.8.